The lowest BCUT2D eigenvalue weighted by molar-refractivity contribution is -0.113. The minimum Gasteiger partial charge on any atom is -0.378 e. The molecular formula is C16H34N4O3S. The lowest BCUT2D eigenvalue weighted by Crippen LogP contribution is -2.63. The normalized spacial score (nSPS) is 23.6. The molecule has 0 aromatic rings. The highest BCUT2D eigenvalue weighted by Gasteiger charge is 2.49. The number of ether oxygens (including phenoxy) is 1. The highest BCUT2D eigenvalue weighted by atomic mass is 32.2. The number of hydrogen-bond acceptors (Lipinski definition) is 4. The average molecular weight is 363 g/mol. The highest BCUT2D eigenvalue weighted by molar-refractivity contribution is 7.88. The zero-order valence-electron chi connectivity index (χ0n) is 15.7. The molecule has 1 aliphatic rings. The summed E-state index contributed by atoms with van der Waals surface area (Å²) >= 11 is 0. The average Bonchev–Trinajstić information content (AvgIpc) is 2.48. The summed E-state index contributed by atoms with van der Waals surface area (Å²) in [6, 6.07) is 0.296. The zero-order chi connectivity index (χ0) is 18.2. The van der Waals surface area contributed by atoms with E-state index in [0.29, 0.717) is 19.1 Å². The molecule has 0 radical (unpaired) electrons. The smallest absolute Gasteiger partial charge is 0.208 e. The second-order valence-electron chi connectivity index (χ2n) is 6.89. The summed E-state index contributed by atoms with van der Waals surface area (Å²) in [6.45, 7) is 10.9. The summed E-state index contributed by atoms with van der Waals surface area (Å²) in [6.07, 6.45) is 4.63. The lowest BCUT2D eigenvalue weighted by Gasteiger charge is -2.52. The van der Waals surface area contributed by atoms with Crippen LogP contribution in [0.3, 0.4) is 0 Å². The Balaban J connectivity index is 2.47. The van der Waals surface area contributed by atoms with Gasteiger partial charge in [-0.25, -0.2) is 13.1 Å². The molecule has 0 spiro atoms. The van der Waals surface area contributed by atoms with Gasteiger partial charge >= 0.3 is 0 Å². The molecule has 0 aromatic carbocycles. The van der Waals surface area contributed by atoms with E-state index in [4.69, 9.17) is 4.74 Å². The molecule has 0 aliphatic heterocycles. The Morgan fingerprint density at radius 3 is 2.58 bits per heavy atom. The van der Waals surface area contributed by atoms with Crippen LogP contribution in [-0.4, -0.2) is 59.0 Å². The van der Waals surface area contributed by atoms with Crippen molar-refractivity contribution in [2.24, 2.45) is 10.4 Å². The molecule has 0 amide bonds. The number of aliphatic imine (C=N–C) groups is 1. The quantitative estimate of drug-likeness (QED) is 0.307. The van der Waals surface area contributed by atoms with Crippen LogP contribution in [0.5, 0.6) is 0 Å². The van der Waals surface area contributed by atoms with Gasteiger partial charge in [0.2, 0.25) is 10.0 Å². The van der Waals surface area contributed by atoms with Crippen LogP contribution in [0.4, 0.5) is 0 Å². The first-order chi connectivity index (χ1) is 11.2. The molecule has 3 N–H and O–H groups in total. The largest absolute Gasteiger partial charge is 0.378 e. The summed E-state index contributed by atoms with van der Waals surface area (Å²) in [4.78, 5) is 4.43. The third kappa shape index (κ3) is 6.94. The van der Waals surface area contributed by atoms with Crippen LogP contribution in [0.2, 0.25) is 0 Å². The van der Waals surface area contributed by atoms with Crippen LogP contribution in [0.1, 0.15) is 47.0 Å². The Bertz CT molecular complexity index is 505. The molecule has 142 valence electrons. The number of nitrogens with zero attached hydrogens (tertiary/aromatic N) is 1. The van der Waals surface area contributed by atoms with E-state index < -0.39 is 10.0 Å². The van der Waals surface area contributed by atoms with Crippen LogP contribution in [0.25, 0.3) is 0 Å². The Morgan fingerprint density at radius 1 is 1.33 bits per heavy atom. The highest BCUT2D eigenvalue weighted by Crippen LogP contribution is 2.42. The number of rotatable bonds is 10. The van der Waals surface area contributed by atoms with Crippen LogP contribution in [0, 0.1) is 5.41 Å². The summed E-state index contributed by atoms with van der Waals surface area (Å²) in [7, 11) is -3.16. The van der Waals surface area contributed by atoms with E-state index in [0.717, 1.165) is 44.6 Å². The van der Waals surface area contributed by atoms with Crippen LogP contribution in [0.15, 0.2) is 4.99 Å². The fraction of sp³-hybridized carbons (Fsp3) is 0.938. The van der Waals surface area contributed by atoms with Crippen LogP contribution >= 0.6 is 0 Å². The molecule has 1 fully saturated rings. The van der Waals surface area contributed by atoms with Gasteiger partial charge in [-0.3, -0.25) is 4.99 Å². The van der Waals surface area contributed by atoms with Gasteiger partial charge in [-0.15, -0.1) is 0 Å². The molecule has 1 rings (SSSR count). The van der Waals surface area contributed by atoms with Gasteiger partial charge in [0.05, 0.1) is 18.9 Å². The fourth-order valence-corrected chi connectivity index (χ4v) is 3.13. The Labute approximate surface area is 147 Å². The first kappa shape index (κ1) is 21.2. The van der Waals surface area contributed by atoms with Gasteiger partial charge < -0.3 is 15.4 Å². The van der Waals surface area contributed by atoms with Gasteiger partial charge in [-0.2, -0.15) is 0 Å². The summed E-state index contributed by atoms with van der Waals surface area (Å²) in [5, 5.41) is 6.65. The van der Waals surface area contributed by atoms with E-state index in [-0.39, 0.29) is 11.5 Å². The number of unbranched alkanes of at least 4 members (excludes halogenated alkanes) is 1. The Kier molecular flexibility index (Phi) is 8.45. The first-order valence-electron chi connectivity index (χ1n) is 8.81. The molecular weight excluding hydrogens is 328 g/mol. The zero-order valence-corrected chi connectivity index (χ0v) is 16.5. The predicted molar refractivity (Wildman–Crippen MR) is 98.8 cm³/mol. The maximum absolute atomic E-state index is 11.1. The number of sulfonamides is 1. The van der Waals surface area contributed by atoms with Crippen molar-refractivity contribution in [3.63, 3.8) is 0 Å². The second kappa shape index (κ2) is 9.58. The number of hydrogen-bond donors (Lipinski definition) is 3. The maximum Gasteiger partial charge on any atom is 0.208 e. The molecule has 7 nitrogen and oxygen atoms in total. The van der Waals surface area contributed by atoms with Crippen molar-refractivity contribution in [2.45, 2.75) is 59.1 Å². The van der Waals surface area contributed by atoms with Crippen LogP contribution in [-0.2, 0) is 14.8 Å². The van der Waals surface area contributed by atoms with E-state index in [1.807, 2.05) is 6.92 Å². The molecule has 1 aliphatic carbocycles. The van der Waals surface area contributed by atoms with Gasteiger partial charge in [-0.1, -0.05) is 27.2 Å². The van der Waals surface area contributed by atoms with Crippen molar-refractivity contribution in [1.29, 1.82) is 0 Å². The van der Waals surface area contributed by atoms with Gasteiger partial charge in [0.25, 0.3) is 0 Å². The van der Waals surface area contributed by atoms with Gasteiger partial charge in [0.1, 0.15) is 0 Å². The Morgan fingerprint density at radius 2 is 2.04 bits per heavy atom. The predicted octanol–water partition coefficient (Wildman–Crippen LogP) is 1.07. The van der Waals surface area contributed by atoms with Crippen molar-refractivity contribution >= 4 is 16.0 Å². The standard InChI is InChI=1S/C16H34N4O3S/c1-6-8-11-23-14-12-13(16(14,3)4)20-15(17-7-2)18-9-10-19-24(5,21)22/h13-14,19H,6-12H2,1-5H3,(H2,17,18,20). The monoisotopic (exact) mass is 362 g/mol. The molecule has 0 aromatic heterocycles. The number of nitrogens with one attached hydrogen (secondary N) is 3. The summed E-state index contributed by atoms with van der Waals surface area (Å²) < 4.78 is 30.5. The number of guanidine groups is 1. The molecule has 2 atom stereocenters. The van der Waals surface area contributed by atoms with E-state index in [9.17, 15) is 8.42 Å². The van der Waals surface area contributed by atoms with E-state index in [1.165, 1.54) is 0 Å². The molecule has 24 heavy (non-hydrogen) atoms. The molecule has 0 saturated heterocycles. The molecule has 8 heteroatoms. The summed E-state index contributed by atoms with van der Waals surface area (Å²) in [5.74, 6) is 0.720. The first-order valence-corrected chi connectivity index (χ1v) is 10.7. The van der Waals surface area contributed by atoms with E-state index in [1.54, 1.807) is 0 Å². The molecule has 0 bridgehead atoms. The second-order valence-corrected chi connectivity index (χ2v) is 8.73. The van der Waals surface area contributed by atoms with Gasteiger partial charge in [0, 0.05) is 31.2 Å². The van der Waals surface area contributed by atoms with Crippen molar-refractivity contribution in [1.82, 2.24) is 15.4 Å². The van der Waals surface area contributed by atoms with Crippen LogP contribution < -0.4 is 15.4 Å². The van der Waals surface area contributed by atoms with Crippen molar-refractivity contribution in [3.8, 4) is 0 Å². The topological polar surface area (TPSA) is 91.8 Å². The van der Waals surface area contributed by atoms with E-state index >= 15 is 0 Å². The fourth-order valence-electron chi connectivity index (χ4n) is 2.67. The third-order valence-corrected chi connectivity index (χ3v) is 5.12. The molecule has 1 saturated carbocycles. The third-order valence-electron chi connectivity index (χ3n) is 4.40. The van der Waals surface area contributed by atoms with E-state index in [2.05, 4.69) is 41.1 Å². The van der Waals surface area contributed by atoms with Gasteiger partial charge in [0.15, 0.2) is 5.96 Å². The Hall–Kier alpha value is -0.860. The van der Waals surface area contributed by atoms with Crippen molar-refractivity contribution in [2.75, 3.05) is 32.5 Å². The van der Waals surface area contributed by atoms with Crippen molar-refractivity contribution < 1.29 is 13.2 Å². The maximum atomic E-state index is 11.1. The SMILES string of the molecule is CCCCOC1CC(NC(=NCCNS(C)(=O)=O)NCC)C1(C)C. The van der Waals surface area contributed by atoms with Crippen molar-refractivity contribution in [3.05, 3.63) is 0 Å². The minimum atomic E-state index is -3.16. The molecule has 0 heterocycles. The minimum absolute atomic E-state index is 0.0505. The van der Waals surface area contributed by atoms with Gasteiger partial charge in [-0.05, 0) is 19.8 Å². The lowest BCUT2D eigenvalue weighted by atomic mass is 9.64. The summed E-state index contributed by atoms with van der Waals surface area (Å²) in [5.41, 5.74) is 0.0505. The molecule has 2 unspecified atom stereocenters.